The first-order chi connectivity index (χ1) is 5.74. The molecule has 3 fully saturated rings. The number of hydrogen-bond acceptors (Lipinski definition) is 3. The maximum absolute atomic E-state index is 5.81. The maximum atomic E-state index is 5.81. The van der Waals surface area contributed by atoms with E-state index in [1.807, 2.05) is 6.92 Å². The molecule has 0 aromatic heterocycles. The summed E-state index contributed by atoms with van der Waals surface area (Å²) >= 11 is 5.81. The second-order valence-electron chi connectivity index (χ2n) is 3.54. The molecule has 0 unspecified atom stereocenters. The fourth-order valence-electron chi connectivity index (χ4n) is 1.46. The van der Waals surface area contributed by atoms with Gasteiger partial charge >= 0.3 is 0 Å². The molecule has 0 spiro atoms. The number of alkyl halides is 1. The Balaban J connectivity index is 2.09. The summed E-state index contributed by atoms with van der Waals surface area (Å²) < 4.78 is 16.4. The van der Waals surface area contributed by atoms with E-state index in [0.717, 1.165) is 6.42 Å². The molecule has 70 valence electrons. The summed E-state index contributed by atoms with van der Waals surface area (Å²) in [4.78, 5) is 0. The fourth-order valence-corrected chi connectivity index (χ4v) is 1.69. The quantitative estimate of drug-likeness (QED) is 0.619. The minimum Gasteiger partial charge on any atom is -0.327 e. The van der Waals surface area contributed by atoms with E-state index in [-0.39, 0.29) is 5.41 Å². The van der Waals surface area contributed by atoms with E-state index < -0.39 is 5.97 Å². The van der Waals surface area contributed by atoms with Gasteiger partial charge in [0.1, 0.15) is 0 Å². The third-order valence-electron chi connectivity index (χ3n) is 2.51. The first-order valence-corrected chi connectivity index (χ1v) is 4.76. The lowest BCUT2D eigenvalue weighted by Crippen LogP contribution is -2.60. The summed E-state index contributed by atoms with van der Waals surface area (Å²) in [6.45, 7) is 3.96. The minimum absolute atomic E-state index is 0.0987. The molecular formula is C8H13ClO3. The van der Waals surface area contributed by atoms with Crippen molar-refractivity contribution in [2.45, 2.75) is 19.3 Å². The highest BCUT2D eigenvalue weighted by Crippen LogP contribution is 2.40. The van der Waals surface area contributed by atoms with E-state index in [4.69, 9.17) is 25.8 Å². The van der Waals surface area contributed by atoms with Crippen LogP contribution in [0.3, 0.4) is 0 Å². The van der Waals surface area contributed by atoms with Crippen molar-refractivity contribution < 1.29 is 14.2 Å². The van der Waals surface area contributed by atoms with Gasteiger partial charge in [-0.1, -0.05) is 6.92 Å². The largest absolute Gasteiger partial charge is 0.327 e. The lowest BCUT2D eigenvalue weighted by molar-refractivity contribution is -0.465. The van der Waals surface area contributed by atoms with E-state index in [1.165, 1.54) is 0 Å². The van der Waals surface area contributed by atoms with Crippen molar-refractivity contribution in [2.24, 2.45) is 5.41 Å². The van der Waals surface area contributed by atoms with Gasteiger partial charge < -0.3 is 14.2 Å². The fraction of sp³-hybridized carbons (Fsp3) is 1.00. The lowest BCUT2D eigenvalue weighted by atomic mass is 9.91. The summed E-state index contributed by atoms with van der Waals surface area (Å²) in [5, 5.41) is 0. The Bertz CT molecular complexity index is 139. The first-order valence-electron chi connectivity index (χ1n) is 4.22. The topological polar surface area (TPSA) is 27.7 Å². The second-order valence-corrected chi connectivity index (χ2v) is 3.80. The molecule has 3 saturated heterocycles. The summed E-state index contributed by atoms with van der Waals surface area (Å²) in [6, 6.07) is 0. The van der Waals surface area contributed by atoms with Gasteiger partial charge in [0, 0.05) is 12.3 Å². The van der Waals surface area contributed by atoms with Crippen LogP contribution in [0.2, 0.25) is 0 Å². The van der Waals surface area contributed by atoms with Crippen LogP contribution in [0.25, 0.3) is 0 Å². The van der Waals surface area contributed by atoms with Crippen LogP contribution in [-0.4, -0.2) is 31.7 Å². The van der Waals surface area contributed by atoms with Crippen molar-refractivity contribution in [3.8, 4) is 0 Å². The Morgan fingerprint density at radius 3 is 2.00 bits per heavy atom. The molecule has 2 bridgehead atoms. The van der Waals surface area contributed by atoms with Crippen LogP contribution in [0, 0.1) is 5.41 Å². The molecule has 0 aromatic rings. The molecular weight excluding hydrogens is 180 g/mol. The molecule has 3 heterocycles. The molecule has 0 N–H and O–H groups in total. The normalized spacial score (nSPS) is 46.5. The predicted molar refractivity (Wildman–Crippen MR) is 44.0 cm³/mol. The number of fused-ring (bicyclic) bond motifs is 3. The third-order valence-corrected chi connectivity index (χ3v) is 3.08. The van der Waals surface area contributed by atoms with Gasteiger partial charge in [0.05, 0.1) is 25.2 Å². The van der Waals surface area contributed by atoms with Crippen molar-refractivity contribution in [3.05, 3.63) is 0 Å². The minimum atomic E-state index is -0.756. The number of ether oxygens (including phenoxy) is 3. The highest BCUT2D eigenvalue weighted by molar-refractivity contribution is 6.18. The zero-order valence-corrected chi connectivity index (χ0v) is 7.89. The first kappa shape index (κ1) is 8.75. The van der Waals surface area contributed by atoms with Crippen molar-refractivity contribution in [1.29, 1.82) is 0 Å². The van der Waals surface area contributed by atoms with Crippen molar-refractivity contribution in [2.75, 3.05) is 25.7 Å². The highest BCUT2D eigenvalue weighted by atomic mass is 35.5. The molecule has 0 saturated carbocycles. The average molecular weight is 193 g/mol. The molecule has 0 aliphatic carbocycles. The van der Waals surface area contributed by atoms with E-state index in [2.05, 4.69) is 0 Å². The standard InChI is InChI=1S/C8H13ClO3/c1-2-8-10-4-7(3-9,5-11-8)6-12-8/h2-6H2,1H3. The molecule has 3 aliphatic rings. The van der Waals surface area contributed by atoms with Crippen molar-refractivity contribution >= 4 is 11.6 Å². The molecule has 0 atom stereocenters. The second kappa shape index (κ2) is 2.84. The predicted octanol–water partition coefficient (Wildman–Crippen LogP) is 1.35. The third kappa shape index (κ3) is 1.16. The van der Waals surface area contributed by atoms with E-state index >= 15 is 0 Å². The van der Waals surface area contributed by atoms with Crippen LogP contribution in [0.1, 0.15) is 13.3 Å². The molecule has 3 rings (SSSR count). The maximum Gasteiger partial charge on any atom is 0.282 e. The van der Waals surface area contributed by atoms with Gasteiger partial charge in [-0.05, 0) is 0 Å². The molecule has 12 heavy (non-hydrogen) atoms. The molecule has 0 radical (unpaired) electrons. The van der Waals surface area contributed by atoms with Gasteiger partial charge in [-0.3, -0.25) is 0 Å². The Kier molecular flexibility index (Phi) is 2.07. The van der Waals surface area contributed by atoms with Crippen molar-refractivity contribution in [1.82, 2.24) is 0 Å². The van der Waals surface area contributed by atoms with E-state index in [1.54, 1.807) is 0 Å². The Hall–Kier alpha value is 0.170. The van der Waals surface area contributed by atoms with Crippen LogP contribution in [-0.2, 0) is 14.2 Å². The molecule has 3 aliphatic heterocycles. The zero-order chi connectivity index (χ0) is 8.66. The highest BCUT2D eigenvalue weighted by Gasteiger charge is 2.51. The molecule has 4 heteroatoms. The van der Waals surface area contributed by atoms with Crippen LogP contribution in [0.4, 0.5) is 0 Å². The summed E-state index contributed by atoms with van der Waals surface area (Å²) in [7, 11) is 0. The summed E-state index contributed by atoms with van der Waals surface area (Å²) in [5.41, 5.74) is -0.0987. The number of hydrogen-bond donors (Lipinski definition) is 0. The van der Waals surface area contributed by atoms with Crippen LogP contribution in [0.5, 0.6) is 0 Å². The monoisotopic (exact) mass is 192 g/mol. The van der Waals surface area contributed by atoms with E-state index in [9.17, 15) is 0 Å². The SMILES string of the molecule is CCC12OCC(CCl)(CO1)CO2. The van der Waals surface area contributed by atoms with Crippen LogP contribution in [0.15, 0.2) is 0 Å². The van der Waals surface area contributed by atoms with Gasteiger partial charge in [0.25, 0.3) is 5.97 Å². The summed E-state index contributed by atoms with van der Waals surface area (Å²) in [6.07, 6.45) is 0.728. The average Bonchev–Trinajstić information content (AvgIpc) is 2.21. The molecule has 3 nitrogen and oxygen atoms in total. The van der Waals surface area contributed by atoms with Crippen molar-refractivity contribution in [3.63, 3.8) is 0 Å². The van der Waals surface area contributed by atoms with Gasteiger partial charge in [-0.25, -0.2) is 0 Å². The van der Waals surface area contributed by atoms with Crippen LogP contribution >= 0.6 is 11.6 Å². The molecule has 0 amide bonds. The molecule has 0 aromatic carbocycles. The lowest BCUT2D eigenvalue weighted by Gasteiger charge is -2.50. The van der Waals surface area contributed by atoms with Crippen LogP contribution < -0.4 is 0 Å². The van der Waals surface area contributed by atoms with Gasteiger partial charge in [0.15, 0.2) is 0 Å². The van der Waals surface area contributed by atoms with E-state index in [0.29, 0.717) is 25.7 Å². The Morgan fingerprint density at radius 2 is 1.67 bits per heavy atom. The van der Waals surface area contributed by atoms with Gasteiger partial charge in [0.2, 0.25) is 0 Å². The van der Waals surface area contributed by atoms with Gasteiger partial charge in [-0.15, -0.1) is 11.6 Å². The van der Waals surface area contributed by atoms with Gasteiger partial charge in [-0.2, -0.15) is 0 Å². The Labute approximate surface area is 76.9 Å². The number of halogens is 1. The smallest absolute Gasteiger partial charge is 0.282 e. The Morgan fingerprint density at radius 1 is 1.17 bits per heavy atom. The summed E-state index contributed by atoms with van der Waals surface area (Å²) in [5.74, 6) is -0.222. The zero-order valence-electron chi connectivity index (χ0n) is 7.14. The number of rotatable bonds is 2.